The fourth-order valence-electron chi connectivity index (χ4n) is 9.59. The van der Waals surface area contributed by atoms with E-state index in [4.69, 9.17) is 4.74 Å². The quantitative estimate of drug-likeness (QED) is 0.497. The number of rotatable bonds is 2. The molecule has 2 N–H and O–H groups in total. The Morgan fingerprint density at radius 2 is 1.75 bits per heavy atom. The lowest BCUT2D eigenvalue weighted by molar-refractivity contribution is -0.128. The molecular formula is C29H46O3. The van der Waals surface area contributed by atoms with Gasteiger partial charge < -0.3 is 14.9 Å². The lowest BCUT2D eigenvalue weighted by Gasteiger charge is -2.62. The van der Waals surface area contributed by atoms with E-state index in [0.717, 1.165) is 25.7 Å². The van der Waals surface area contributed by atoms with Gasteiger partial charge in [0.2, 0.25) is 0 Å². The van der Waals surface area contributed by atoms with Gasteiger partial charge >= 0.3 is 0 Å². The van der Waals surface area contributed by atoms with Gasteiger partial charge in [-0.2, -0.15) is 0 Å². The first-order valence-corrected chi connectivity index (χ1v) is 13.4. The molecule has 0 aromatic rings. The molecule has 5 aliphatic rings. The number of fused-ring (bicyclic) bond motifs is 5. The van der Waals surface area contributed by atoms with Crippen LogP contribution in [0.2, 0.25) is 0 Å². The van der Waals surface area contributed by atoms with Crippen molar-refractivity contribution in [1.82, 2.24) is 0 Å². The first-order chi connectivity index (χ1) is 15.0. The molecule has 3 nitrogen and oxygen atoms in total. The summed E-state index contributed by atoms with van der Waals surface area (Å²) in [5.74, 6) is 2.75. The molecule has 0 aromatic heterocycles. The average Bonchev–Trinajstić information content (AvgIpc) is 3.24. The second-order valence-electron chi connectivity index (χ2n) is 13.4. The van der Waals surface area contributed by atoms with Crippen LogP contribution >= 0.6 is 0 Å². The molecule has 1 heterocycles. The number of aliphatic hydroxyl groups is 2. The van der Waals surface area contributed by atoms with Crippen LogP contribution in [0.3, 0.4) is 0 Å². The summed E-state index contributed by atoms with van der Waals surface area (Å²) >= 11 is 0. The molecule has 1 aliphatic heterocycles. The van der Waals surface area contributed by atoms with Gasteiger partial charge in [-0.15, -0.1) is 0 Å². The van der Waals surface area contributed by atoms with Gasteiger partial charge in [0.1, 0.15) is 0 Å². The molecule has 4 fully saturated rings. The first kappa shape index (κ1) is 23.1. The Balaban J connectivity index is 1.41. The zero-order chi connectivity index (χ0) is 23.1. The van der Waals surface area contributed by atoms with E-state index in [9.17, 15) is 10.2 Å². The summed E-state index contributed by atoms with van der Waals surface area (Å²) < 4.78 is 5.98. The van der Waals surface area contributed by atoms with Crippen LogP contribution in [0.4, 0.5) is 0 Å². The lowest BCUT2D eigenvalue weighted by atomic mass is 9.43. The normalized spacial score (nSPS) is 51.9. The molecule has 180 valence electrons. The molecule has 32 heavy (non-hydrogen) atoms. The van der Waals surface area contributed by atoms with Crippen molar-refractivity contribution in [3.63, 3.8) is 0 Å². The van der Waals surface area contributed by atoms with Gasteiger partial charge in [0.25, 0.3) is 0 Å². The van der Waals surface area contributed by atoms with Gasteiger partial charge in [-0.3, -0.25) is 0 Å². The molecule has 3 saturated carbocycles. The van der Waals surface area contributed by atoms with E-state index >= 15 is 0 Å². The van der Waals surface area contributed by atoms with E-state index in [2.05, 4.69) is 53.7 Å². The number of hydrogen-bond donors (Lipinski definition) is 2. The van der Waals surface area contributed by atoms with Crippen LogP contribution in [0.5, 0.6) is 0 Å². The maximum Gasteiger partial charge on any atom is 0.158 e. The van der Waals surface area contributed by atoms with Crippen molar-refractivity contribution < 1.29 is 14.9 Å². The van der Waals surface area contributed by atoms with E-state index < -0.39 is 6.29 Å². The predicted molar refractivity (Wildman–Crippen MR) is 129 cm³/mol. The highest BCUT2D eigenvalue weighted by molar-refractivity contribution is 5.31. The maximum atomic E-state index is 10.8. The maximum absolute atomic E-state index is 10.8. The molecule has 0 bridgehead atoms. The zero-order valence-corrected chi connectivity index (χ0v) is 21.2. The zero-order valence-electron chi connectivity index (χ0n) is 21.2. The molecule has 4 aliphatic carbocycles. The molecule has 3 heteroatoms. The third kappa shape index (κ3) is 3.24. The highest BCUT2D eigenvalue weighted by Crippen LogP contribution is 2.69. The van der Waals surface area contributed by atoms with Gasteiger partial charge in [-0.05, 0) is 105 Å². The molecule has 10 atom stereocenters. The Labute approximate surface area is 195 Å². The van der Waals surface area contributed by atoms with Crippen LogP contribution < -0.4 is 0 Å². The predicted octanol–water partition coefficient (Wildman–Crippen LogP) is 6.25. The molecule has 0 spiro atoms. The summed E-state index contributed by atoms with van der Waals surface area (Å²) in [6, 6.07) is 0. The highest BCUT2D eigenvalue weighted by atomic mass is 16.6. The summed E-state index contributed by atoms with van der Waals surface area (Å²) in [6.45, 7) is 14.0. The fourth-order valence-corrected chi connectivity index (χ4v) is 9.59. The summed E-state index contributed by atoms with van der Waals surface area (Å²) in [5, 5.41) is 21.6. The van der Waals surface area contributed by atoms with Crippen LogP contribution in [-0.2, 0) is 4.74 Å². The molecular weight excluding hydrogens is 396 g/mol. The third-order valence-corrected chi connectivity index (χ3v) is 11.3. The van der Waals surface area contributed by atoms with Gasteiger partial charge in [0.15, 0.2) is 6.29 Å². The third-order valence-electron chi connectivity index (χ3n) is 11.3. The van der Waals surface area contributed by atoms with Crippen LogP contribution in [0.1, 0.15) is 92.9 Å². The van der Waals surface area contributed by atoms with Crippen LogP contribution in [0.25, 0.3) is 0 Å². The first-order valence-electron chi connectivity index (χ1n) is 13.4. The van der Waals surface area contributed by atoms with E-state index in [1.165, 1.54) is 31.3 Å². The number of allylic oxidation sites excluding steroid dienone is 3. The molecule has 0 radical (unpaired) electrons. The van der Waals surface area contributed by atoms with E-state index in [1.807, 2.05) is 0 Å². The Morgan fingerprint density at radius 3 is 2.47 bits per heavy atom. The van der Waals surface area contributed by atoms with Crippen molar-refractivity contribution in [2.75, 3.05) is 0 Å². The van der Waals surface area contributed by atoms with E-state index in [-0.39, 0.29) is 29.0 Å². The van der Waals surface area contributed by atoms with Gasteiger partial charge in [0.05, 0.1) is 12.2 Å². The van der Waals surface area contributed by atoms with Crippen molar-refractivity contribution in [2.45, 2.75) is 111 Å². The smallest absolute Gasteiger partial charge is 0.158 e. The van der Waals surface area contributed by atoms with Gasteiger partial charge in [-0.25, -0.2) is 0 Å². The fraction of sp³-hybridized carbons (Fsp3) is 0.862. The van der Waals surface area contributed by atoms with Crippen molar-refractivity contribution in [3.05, 3.63) is 23.3 Å². The largest absolute Gasteiger partial charge is 0.393 e. The molecule has 10 unspecified atom stereocenters. The van der Waals surface area contributed by atoms with Crippen molar-refractivity contribution in [1.29, 1.82) is 0 Å². The Bertz CT molecular complexity index is 807. The minimum absolute atomic E-state index is 0.00374. The second-order valence-corrected chi connectivity index (χ2v) is 13.4. The summed E-state index contributed by atoms with van der Waals surface area (Å²) in [4.78, 5) is 0. The van der Waals surface area contributed by atoms with Crippen LogP contribution in [0, 0.1) is 45.8 Å². The van der Waals surface area contributed by atoms with Crippen molar-refractivity contribution >= 4 is 0 Å². The minimum atomic E-state index is -0.608. The summed E-state index contributed by atoms with van der Waals surface area (Å²) in [5.41, 5.74) is 3.60. The molecule has 1 saturated heterocycles. The molecule has 5 rings (SSSR count). The Hall–Kier alpha value is -0.640. The highest BCUT2D eigenvalue weighted by Gasteiger charge is 2.62. The number of ether oxygens (including phenoxy) is 1. The Morgan fingerprint density at radius 1 is 1.00 bits per heavy atom. The minimum Gasteiger partial charge on any atom is -0.393 e. The summed E-state index contributed by atoms with van der Waals surface area (Å²) in [7, 11) is 0. The SMILES string of the molecule is CC(C)=CC1CC(C2CCC3(C)C4=CCC5C(C)(C)C(O)CCC5(C)C4CCC23)C(O)O1. The van der Waals surface area contributed by atoms with Crippen LogP contribution in [-0.4, -0.2) is 28.7 Å². The van der Waals surface area contributed by atoms with Crippen molar-refractivity contribution in [3.8, 4) is 0 Å². The van der Waals surface area contributed by atoms with Gasteiger partial charge in [-0.1, -0.05) is 51.0 Å². The Kier molecular flexibility index (Phi) is 5.55. The van der Waals surface area contributed by atoms with Crippen molar-refractivity contribution in [2.24, 2.45) is 45.8 Å². The second kappa shape index (κ2) is 7.68. The van der Waals surface area contributed by atoms with E-state index in [1.54, 1.807) is 5.57 Å². The topological polar surface area (TPSA) is 49.7 Å². The standard InChI is InChI=1S/C29H46O3/c1-17(2)15-18-16-20(26(31)32-18)19-11-13-28(5)21(19)7-8-23-22(28)9-10-24-27(3,4)25(30)12-14-29(23,24)6/h9,15,18-21,23-26,30-31H,7-8,10-14,16H2,1-6H3. The van der Waals surface area contributed by atoms with Gasteiger partial charge in [0, 0.05) is 5.92 Å². The number of hydrogen-bond acceptors (Lipinski definition) is 3. The monoisotopic (exact) mass is 442 g/mol. The average molecular weight is 443 g/mol. The lowest BCUT2D eigenvalue weighted by Crippen LogP contribution is -2.56. The van der Waals surface area contributed by atoms with E-state index in [0.29, 0.717) is 29.1 Å². The molecule has 0 aromatic carbocycles. The van der Waals surface area contributed by atoms with Crippen LogP contribution in [0.15, 0.2) is 23.3 Å². The molecule has 0 amide bonds. The number of aliphatic hydroxyl groups excluding tert-OH is 2. The summed E-state index contributed by atoms with van der Waals surface area (Å²) in [6.07, 6.45) is 13.4.